The first-order chi connectivity index (χ1) is 9.25. The molecular weight excluding hydrogens is 246 g/mol. The van der Waals surface area contributed by atoms with Gasteiger partial charge in [-0.2, -0.15) is 0 Å². The molecule has 20 heavy (non-hydrogen) atoms. The molecule has 0 heterocycles. The Bertz CT molecular complexity index is 492. The van der Waals surface area contributed by atoms with Crippen LogP contribution in [0.4, 0.5) is 5.69 Å². The van der Waals surface area contributed by atoms with Crippen molar-refractivity contribution < 1.29 is 5.48 Å². The highest BCUT2D eigenvalue weighted by Gasteiger charge is 2.23. The van der Waals surface area contributed by atoms with E-state index >= 15 is 0 Å². The Hall–Kier alpha value is -1.64. The summed E-state index contributed by atoms with van der Waals surface area (Å²) < 4.78 is 1.06. The van der Waals surface area contributed by atoms with Gasteiger partial charge < -0.3 is 5.48 Å². The van der Waals surface area contributed by atoms with Crippen LogP contribution in [-0.4, -0.2) is 25.1 Å². The molecule has 2 rings (SSSR count). The molecule has 0 amide bonds. The van der Waals surface area contributed by atoms with Gasteiger partial charge in [-0.15, -0.1) is 0 Å². The Kier molecular flexibility index (Phi) is 5.93. The fourth-order valence-corrected chi connectivity index (χ4v) is 2.82. The monoisotopic (exact) mass is 271 g/mol. The van der Waals surface area contributed by atoms with Crippen LogP contribution in [0.25, 0.3) is 11.1 Å². The van der Waals surface area contributed by atoms with E-state index in [2.05, 4.69) is 75.4 Å². The van der Waals surface area contributed by atoms with Gasteiger partial charge in [0.1, 0.15) is 5.69 Å². The Balaban J connectivity index is 0.00000200. The lowest BCUT2D eigenvalue weighted by atomic mass is 10.0. The minimum Gasteiger partial charge on any atom is -0.870 e. The third-order valence-electron chi connectivity index (χ3n) is 4.34. The standard InChI is InChI=1S/C18H24N.H2O/c1-4-19(5-2,6-3)18-14-12-17(13-15-18)16-10-8-7-9-11-16;/h7-15H,4-6H2,1-3H3;1H2/q+1;/p-1. The minimum atomic E-state index is 0. The van der Waals surface area contributed by atoms with Crippen LogP contribution in [0.3, 0.4) is 0 Å². The molecule has 2 aromatic carbocycles. The largest absolute Gasteiger partial charge is 0.870 e. The summed E-state index contributed by atoms with van der Waals surface area (Å²) in [5, 5.41) is 0. The lowest BCUT2D eigenvalue weighted by molar-refractivity contribution is 0.316. The molecular formula is C18H25NO. The summed E-state index contributed by atoms with van der Waals surface area (Å²) in [5.74, 6) is 0. The maximum absolute atomic E-state index is 2.29. The van der Waals surface area contributed by atoms with E-state index in [0.29, 0.717) is 0 Å². The summed E-state index contributed by atoms with van der Waals surface area (Å²) in [6.07, 6.45) is 0. The van der Waals surface area contributed by atoms with E-state index in [1.54, 1.807) is 0 Å². The first kappa shape index (κ1) is 16.4. The number of benzene rings is 2. The van der Waals surface area contributed by atoms with Crippen molar-refractivity contribution in [2.45, 2.75) is 20.8 Å². The van der Waals surface area contributed by atoms with Crippen molar-refractivity contribution in [1.82, 2.24) is 4.48 Å². The highest BCUT2D eigenvalue weighted by molar-refractivity contribution is 5.65. The fraction of sp³-hybridized carbons (Fsp3) is 0.333. The topological polar surface area (TPSA) is 30.0 Å². The molecule has 108 valence electrons. The average Bonchev–Trinajstić information content (AvgIpc) is 2.51. The van der Waals surface area contributed by atoms with Gasteiger partial charge in [0.2, 0.25) is 0 Å². The van der Waals surface area contributed by atoms with Crippen LogP contribution in [0.1, 0.15) is 20.8 Å². The Morgan fingerprint density at radius 3 is 1.55 bits per heavy atom. The summed E-state index contributed by atoms with van der Waals surface area (Å²) in [4.78, 5) is 0. The molecule has 0 spiro atoms. The second kappa shape index (κ2) is 7.22. The molecule has 1 N–H and O–H groups in total. The van der Waals surface area contributed by atoms with Crippen LogP contribution in [0.15, 0.2) is 54.6 Å². The Morgan fingerprint density at radius 2 is 1.10 bits per heavy atom. The molecule has 0 radical (unpaired) electrons. The van der Waals surface area contributed by atoms with E-state index in [1.165, 1.54) is 16.8 Å². The smallest absolute Gasteiger partial charge is 0.132 e. The molecule has 0 saturated carbocycles. The number of rotatable bonds is 5. The maximum atomic E-state index is 2.29. The molecule has 2 nitrogen and oxygen atoms in total. The van der Waals surface area contributed by atoms with Crippen molar-refractivity contribution in [2.75, 3.05) is 19.6 Å². The summed E-state index contributed by atoms with van der Waals surface area (Å²) in [6, 6.07) is 19.6. The van der Waals surface area contributed by atoms with E-state index in [0.717, 1.165) is 24.1 Å². The zero-order chi connectivity index (χ0) is 13.7. The van der Waals surface area contributed by atoms with Crippen LogP contribution in [-0.2, 0) is 0 Å². The van der Waals surface area contributed by atoms with Gasteiger partial charge in [-0.25, -0.2) is 0 Å². The van der Waals surface area contributed by atoms with E-state index in [9.17, 15) is 0 Å². The van der Waals surface area contributed by atoms with E-state index in [1.807, 2.05) is 0 Å². The van der Waals surface area contributed by atoms with Gasteiger partial charge in [-0.1, -0.05) is 30.3 Å². The van der Waals surface area contributed by atoms with Crippen LogP contribution >= 0.6 is 0 Å². The van der Waals surface area contributed by atoms with Gasteiger partial charge >= 0.3 is 0 Å². The van der Waals surface area contributed by atoms with Crippen molar-refractivity contribution in [3.05, 3.63) is 54.6 Å². The molecule has 0 aliphatic heterocycles. The van der Waals surface area contributed by atoms with Crippen molar-refractivity contribution in [3.63, 3.8) is 0 Å². The molecule has 0 aliphatic rings. The summed E-state index contributed by atoms with van der Waals surface area (Å²) >= 11 is 0. The van der Waals surface area contributed by atoms with E-state index in [4.69, 9.17) is 0 Å². The van der Waals surface area contributed by atoms with Crippen molar-refractivity contribution in [3.8, 4) is 11.1 Å². The first-order valence-electron chi connectivity index (χ1n) is 7.28. The first-order valence-corrected chi connectivity index (χ1v) is 7.28. The third kappa shape index (κ3) is 3.09. The van der Waals surface area contributed by atoms with Crippen molar-refractivity contribution >= 4 is 5.69 Å². The predicted molar refractivity (Wildman–Crippen MR) is 87.2 cm³/mol. The van der Waals surface area contributed by atoms with Crippen molar-refractivity contribution in [2.24, 2.45) is 0 Å². The predicted octanol–water partition coefficient (Wildman–Crippen LogP) is 4.54. The fourth-order valence-electron chi connectivity index (χ4n) is 2.82. The molecule has 0 saturated heterocycles. The number of nitrogens with zero attached hydrogens (tertiary/aromatic N) is 1. The second-order valence-corrected chi connectivity index (χ2v) is 5.01. The van der Waals surface area contributed by atoms with Crippen LogP contribution in [0.2, 0.25) is 0 Å². The quantitative estimate of drug-likeness (QED) is 0.734. The van der Waals surface area contributed by atoms with Gasteiger partial charge in [0.15, 0.2) is 0 Å². The summed E-state index contributed by atoms with van der Waals surface area (Å²) in [7, 11) is 0. The number of hydrogen-bond acceptors (Lipinski definition) is 1. The highest BCUT2D eigenvalue weighted by Crippen LogP contribution is 2.27. The summed E-state index contributed by atoms with van der Waals surface area (Å²) in [5.41, 5.74) is 4.01. The third-order valence-corrected chi connectivity index (χ3v) is 4.34. The number of quaternary nitrogens is 1. The highest BCUT2D eigenvalue weighted by atomic mass is 16.0. The Morgan fingerprint density at radius 1 is 0.650 bits per heavy atom. The minimum absolute atomic E-state index is 0. The van der Waals surface area contributed by atoms with Gasteiger partial charge in [0.05, 0.1) is 19.6 Å². The van der Waals surface area contributed by atoms with Crippen LogP contribution < -0.4 is 4.48 Å². The van der Waals surface area contributed by atoms with Crippen LogP contribution in [0.5, 0.6) is 0 Å². The molecule has 2 heteroatoms. The summed E-state index contributed by atoms with van der Waals surface area (Å²) in [6.45, 7) is 10.3. The molecule has 0 fully saturated rings. The molecule has 0 bridgehead atoms. The van der Waals surface area contributed by atoms with Crippen LogP contribution in [0, 0.1) is 0 Å². The maximum Gasteiger partial charge on any atom is 0.132 e. The van der Waals surface area contributed by atoms with E-state index in [-0.39, 0.29) is 5.48 Å². The van der Waals surface area contributed by atoms with Gasteiger partial charge in [0, 0.05) is 0 Å². The number of hydrogen-bond donors (Lipinski definition) is 0. The second-order valence-electron chi connectivity index (χ2n) is 5.01. The van der Waals surface area contributed by atoms with E-state index < -0.39 is 0 Å². The normalized spacial score (nSPS) is 10.9. The molecule has 2 aromatic rings. The van der Waals surface area contributed by atoms with Gasteiger partial charge in [0.25, 0.3) is 0 Å². The molecule has 0 aliphatic carbocycles. The molecule has 0 aromatic heterocycles. The van der Waals surface area contributed by atoms with Gasteiger partial charge in [-0.05, 0) is 56.2 Å². The lowest BCUT2D eigenvalue weighted by Crippen LogP contribution is -2.48. The lowest BCUT2D eigenvalue weighted by Gasteiger charge is -2.35. The molecule has 0 unspecified atom stereocenters. The molecule has 0 atom stereocenters. The van der Waals surface area contributed by atoms with Crippen molar-refractivity contribution in [1.29, 1.82) is 0 Å². The zero-order valence-corrected chi connectivity index (χ0v) is 12.7. The average molecular weight is 271 g/mol. The zero-order valence-electron chi connectivity index (χ0n) is 12.7. The Labute approximate surface area is 122 Å². The SMILES string of the molecule is CC[N+](CC)(CC)c1ccc(-c2ccccc2)cc1.[OH-]. The van der Waals surface area contributed by atoms with Gasteiger partial charge in [-0.3, -0.25) is 4.48 Å².